The quantitative estimate of drug-likeness (QED) is 0.709. The molecule has 0 radical (unpaired) electrons. The number of hydrogen-bond acceptors (Lipinski definition) is 2. The standard InChI is InChI=1S/C16H27NO/c1-13(2)12-17-9-5-6-10-18-16-11-14(3)7-8-15(16)4/h7-8,11,13,17H,5-6,9-10,12H2,1-4H3. The summed E-state index contributed by atoms with van der Waals surface area (Å²) in [6, 6.07) is 6.36. The third-order valence-corrected chi connectivity index (χ3v) is 2.90. The summed E-state index contributed by atoms with van der Waals surface area (Å²) in [6.07, 6.45) is 2.29. The van der Waals surface area contributed by atoms with E-state index >= 15 is 0 Å². The Bertz CT molecular complexity index is 347. The van der Waals surface area contributed by atoms with Crippen molar-refractivity contribution in [2.75, 3.05) is 19.7 Å². The van der Waals surface area contributed by atoms with Crippen LogP contribution in [0.5, 0.6) is 5.75 Å². The lowest BCUT2D eigenvalue weighted by Crippen LogP contribution is -2.21. The van der Waals surface area contributed by atoms with Gasteiger partial charge in [0.05, 0.1) is 6.61 Å². The second kappa shape index (κ2) is 8.15. The first kappa shape index (κ1) is 15.0. The molecule has 0 unspecified atom stereocenters. The fourth-order valence-electron chi connectivity index (χ4n) is 1.79. The summed E-state index contributed by atoms with van der Waals surface area (Å²) in [5, 5.41) is 3.45. The zero-order chi connectivity index (χ0) is 13.4. The van der Waals surface area contributed by atoms with Gasteiger partial charge in [0.25, 0.3) is 0 Å². The van der Waals surface area contributed by atoms with Crippen LogP contribution in [0, 0.1) is 19.8 Å². The molecule has 0 saturated heterocycles. The maximum atomic E-state index is 5.82. The summed E-state index contributed by atoms with van der Waals surface area (Å²) in [7, 11) is 0. The van der Waals surface area contributed by atoms with Gasteiger partial charge in [0.15, 0.2) is 0 Å². The Balaban J connectivity index is 2.12. The smallest absolute Gasteiger partial charge is 0.122 e. The zero-order valence-corrected chi connectivity index (χ0v) is 12.3. The third-order valence-electron chi connectivity index (χ3n) is 2.90. The topological polar surface area (TPSA) is 21.3 Å². The van der Waals surface area contributed by atoms with Gasteiger partial charge in [0.2, 0.25) is 0 Å². The molecule has 2 heteroatoms. The fourth-order valence-corrected chi connectivity index (χ4v) is 1.79. The second-order valence-electron chi connectivity index (χ2n) is 5.42. The molecule has 0 heterocycles. The van der Waals surface area contributed by atoms with Gasteiger partial charge in [-0.25, -0.2) is 0 Å². The number of ether oxygens (including phenoxy) is 1. The van der Waals surface area contributed by atoms with E-state index in [1.807, 2.05) is 0 Å². The van der Waals surface area contributed by atoms with Gasteiger partial charge in [-0.2, -0.15) is 0 Å². The highest BCUT2D eigenvalue weighted by atomic mass is 16.5. The molecular weight excluding hydrogens is 222 g/mol. The highest BCUT2D eigenvalue weighted by Gasteiger charge is 1.99. The van der Waals surface area contributed by atoms with Crippen LogP contribution >= 0.6 is 0 Å². The lowest BCUT2D eigenvalue weighted by Gasteiger charge is -2.10. The Morgan fingerprint density at radius 2 is 1.94 bits per heavy atom. The van der Waals surface area contributed by atoms with Crippen LogP contribution in [0.3, 0.4) is 0 Å². The van der Waals surface area contributed by atoms with Crippen LogP contribution in [0.15, 0.2) is 18.2 Å². The third kappa shape index (κ3) is 6.06. The number of aryl methyl sites for hydroxylation is 2. The molecule has 0 aliphatic rings. The Labute approximate surface area is 112 Å². The minimum absolute atomic E-state index is 0.733. The van der Waals surface area contributed by atoms with E-state index in [9.17, 15) is 0 Å². The molecule has 0 aromatic heterocycles. The summed E-state index contributed by atoms with van der Waals surface area (Å²) in [5.41, 5.74) is 2.48. The van der Waals surface area contributed by atoms with Gasteiger partial charge in [-0.3, -0.25) is 0 Å². The van der Waals surface area contributed by atoms with Gasteiger partial charge in [-0.1, -0.05) is 26.0 Å². The van der Waals surface area contributed by atoms with Crippen molar-refractivity contribution in [3.63, 3.8) is 0 Å². The summed E-state index contributed by atoms with van der Waals surface area (Å²) in [4.78, 5) is 0. The van der Waals surface area contributed by atoms with Gasteiger partial charge in [-0.05, 0) is 62.9 Å². The largest absolute Gasteiger partial charge is 0.493 e. The van der Waals surface area contributed by atoms with Crippen LogP contribution in [0.4, 0.5) is 0 Å². The molecule has 0 aliphatic carbocycles. The van der Waals surface area contributed by atoms with E-state index in [2.05, 4.69) is 51.2 Å². The minimum Gasteiger partial charge on any atom is -0.493 e. The molecule has 1 aromatic carbocycles. The predicted molar refractivity (Wildman–Crippen MR) is 78.4 cm³/mol. The van der Waals surface area contributed by atoms with E-state index in [0.717, 1.165) is 37.8 Å². The Hall–Kier alpha value is -1.02. The van der Waals surface area contributed by atoms with Crippen LogP contribution < -0.4 is 10.1 Å². The van der Waals surface area contributed by atoms with E-state index in [-0.39, 0.29) is 0 Å². The highest BCUT2D eigenvalue weighted by Crippen LogP contribution is 2.19. The van der Waals surface area contributed by atoms with Crippen LogP contribution in [0.1, 0.15) is 37.8 Å². The van der Waals surface area contributed by atoms with Crippen LogP contribution in [-0.4, -0.2) is 19.7 Å². The molecule has 0 spiro atoms. The molecule has 2 nitrogen and oxygen atoms in total. The lowest BCUT2D eigenvalue weighted by molar-refractivity contribution is 0.303. The molecule has 0 atom stereocenters. The maximum Gasteiger partial charge on any atom is 0.122 e. The van der Waals surface area contributed by atoms with Gasteiger partial charge in [0.1, 0.15) is 5.75 Å². The fraction of sp³-hybridized carbons (Fsp3) is 0.625. The van der Waals surface area contributed by atoms with E-state index in [1.165, 1.54) is 17.5 Å². The van der Waals surface area contributed by atoms with Crippen molar-refractivity contribution in [2.45, 2.75) is 40.5 Å². The Morgan fingerprint density at radius 1 is 1.17 bits per heavy atom. The lowest BCUT2D eigenvalue weighted by atomic mass is 10.1. The predicted octanol–water partition coefficient (Wildman–Crippen LogP) is 3.71. The first-order chi connectivity index (χ1) is 8.59. The molecule has 0 saturated carbocycles. The molecule has 18 heavy (non-hydrogen) atoms. The van der Waals surface area contributed by atoms with E-state index < -0.39 is 0 Å². The van der Waals surface area contributed by atoms with Crippen LogP contribution in [0.25, 0.3) is 0 Å². The normalized spacial score (nSPS) is 10.9. The molecule has 0 bridgehead atoms. The van der Waals surface area contributed by atoms with Gasteiger partial charge in [-0.15, -0.1) is 0 Å². The monoisotopic (exact) mass is 249 g/mol. The van der Waals surface area contributed by atoms with Crippen molar-refractivity contribution in [3.05, 3.63) is 29.3 Å². The van der Waals surface area contributed by atoms with Crippen molar-refractivity contribution >= 4 is 0 Å². The zero-order valence-electron chi connectivity index (χ0n) is 12.3. The molecule has 0 fully saturated rings. The SMILES string of the molecule is Cc1ccc(C)c(OCCCCNCC(C)C)c1. The van der Waals surface area contributed by atoms with Crippen molar-refractivity contribution in [3.8, 4) is 5.75 Å². The number of rotatable bonds is 8. The number of nitrogens with one attached hydrogen (secondary N) is 1. The summed E-state index contributed by atoms with van der Waals surface area (Å²) >= 11 is 0. The summed E-state index contributed by atoms with van der Waals surface area (Å²) in [6.45, 7) is 11.7. The number of benzene rings is 1. The average molecular weight is 249 g/mol. The second-order valence-corrected chi connectivity index (χ2v) is 5.42. The van der Waals surface area contributed by atoms with Crippen LogP contribution in [-0.2, 0) is 0 Å². The van der Waals surface area contributed by atoms with Crippen molar-refractivity contribution < 1.29 is 4.74 Å². The average Bonchev–Trinajstić information content (AvgIpc) is 2.32. The van der Waals surface area contributed by atoms with Gasteiger partial charge >= 0.3 is 0 Å². The first-order valence-electron chi connectivity index (χ1n) is 7.00. The van der Waals surface area contributed by atoms with E-state index in [0.29, 0.717) is 0 Å². The Kier molecular flexibility index (Phi) is 6.81. The summed E-state index contributed by atoms with van der Waals surface area (Å²) < 4.78 is 5.82. The molecule has 102 valence electrons. The molecular formula is C16H27NO. The summed E-state index contributed by atoms with van der Waals surface area (Å²) in [5.74, 6) is 1.77. The van der Waals surface area contributed by atoms with Crippen molar-refractivity contribution in [1.82, 2.24) is 5.32 Å². The Morgan fingerprint density at radius 3 is 2.67 bits per heavy atom. The van der Waals surface area contributed by atoms with Crippen LogP contribution in [0.2, 0.25) is 0 Å². The van der Waals surface area contributed by atoms with Crippen molar-refractivity contribution in [1.29, 1.82) is 0 Å². The van der Waals surface area contributed by atoms with Gasteiger partial charge in [0, 0.05) is 0 Å². The minimum atomic E-state index is 0.733. The molecule has 0 aliphatic heterocycles. The van der Waals surface area contributed by atoms with E-state index in [4.69, 9.17) is 4.74 Å². The molecule has 1 aromatic rings. The highest BCUT2D eigenvalue weighted by molar-refractivity contribution is 5.35. The molecule has 1 N–H and O–H groups in total. The van der Waals surface area contributed by atoms with Gasteiger partial charge < -0.3 is 10.1 Å². The number of unbranched alkanes of at least 4 members (excludes halogenated alkanes) is 1. The van der Waals surface area contributed by atoms with E-state index in [1.54, 1.807) is 0 Å². The maximum absolute atomic E-state index is 5.82. The molecule has 0 amide bonds. The first-order valence-corrected chi connectivity index (χ1v) is 7.00. The molecule has 1 rings (SSSR count). The van der Waals surface area contributed by atoms with Crippen molar-refractivity contribution in [2.24, 2.45) is 5.92 Å². The number of hydrogen-bond donors (Lipinski definition) is 1.